The predicted octanol–water partition coefficient (Wildman–Crippen LogP) is 1.34. The number of carbonyl (C=O) groups excluding carboxylic acids is 1. The molecule has 2 nitrogen and oxygen atoms in total. The molecule has 0 radical (unpaired) electrons. The van der Waals surface area contributed by atoms with Gasteiger partial charge in [-0.3, -0.25) is 4.79 Å². The second-order valence-electron chi connectivity index (χ2n) is 2.98. The molecule has 2 atom stereocenters. The van der Waals surface area contributed by atoms with Gasteiger partial charge in [0.05, 0.1) is 12.5 Å². The molecule has 0 fully saturated rings. The van der Waals surface area contributed by atoms with Crippen molar-refractivity contribution in [3.05, 3.63) is 0 Å². The number of nitrogens with two attached hydrogens (primary N) is 1. The molecule has 0 saturated carbocycles. The van der Waals surface area contributed by atoms with Crippen molar-refractivity contribution in [1.82, 2.24) is 0 Å². The first-order valence-corrected chi connectivity index (χ1v) is 4.31. The van der Waals surface area contributed by atoms with Crippen LogP contribution in [0.5, 0.6) is 0 Å². The fourth-order valence-electron chi connectivity index (χ4n) is 0.865. The first-order valence-electron chi connectivity index (χ1n) is 4.31. The molecular weight excluding hydrogens is 150 g/mol. The average molecular weight is 167 g/mol. The van der Waals surface area contributed by atoms with E-state index in [1.54, 1.807) is 6.92 Å². The lowest BCUT2D eigenvalue weighted by atomic mass is 9.95. The zero-order chi connectivity index (χ0) is 9.56. The maximum atomic E-state index is 11.3. The van der Waals surface area contributed by atoms with E-state index in [-0.39, 0.29) is 17.7 Å². The van der Waals surface area contributed by atoms with Crippen molar-refractivity contribution in [1.29, 1.82) is 0 Å². The van der Waals surface area contributed by atoms with Crippen LogP contribution in [0, 0.1) is 17.8 Å². The van der Waals surface area contributed by atoms with E-state index >= 15 is 0 Å². The number of hydrogen-bond donors (Lipinski definition) is 1. The Balaban J connectivity index is 3.97. The lowest BCUT2D eigenvalue weighted by Crippen LogP contribution is -2.36. The largest absolute Gasteiger partial charge is 0.321 e. The number of ketones is 1. The van der Waals surface area contributed by atoms with E-state index in [9.17, 15) is 4.79 Å². The van der Waals surface area contributed by atoms with Crippen molar-refractivity contribution in [2.45, 2.75) is 39.7 Å². The van der Waals surface area contributed by atoms with E-state index in [0.717, 1.165) is 6.42 Å². The first-order chi connectivity index (χ1) is 5.63. The summed E-state index contributed by atoms with van der Waals surface area (Å²) in [5.74, 6) is 5.73. The van der Waals surface area contributed by atoms with Gasteiger partial charge in [0.2, 0.25) is 0 Å². The van der Waals surface area contributed by atoms with Gasteiger partial charge in [0, 0.05) is 0 Å². The van der Waals surface area contributed by atoms with Crippen LogP contribution in [0.1, 0.15) is 33.6 Å². The third-order valence-corrected chi connectivity index (χ3v) is 2.07. The van der Waals surface area contributed by atoms with Crippen molar-refractivity contribution < 1.29 is 4.79 Å². The van der Waals surface area contributed by atoms with Gasteiger partial charge < -0.3 is 5.73 Å². The van der Waals surface area contributed by atoms with Crippen LogP contribution in [0.25, 0.3) is 0 Å². The van der Waals surface area contributed by atoms with Crippen molar-refractivity contribution in [3.8, 4) is 11.8 Å². The third-order valence-electron chi connectivity index (χ3n) is 2.07. The molecular formula is C10H17NO. The second-order valence-corrected chi connectivity index (χ2v) is 2.98. The van der Waals surface area contributed by atoms with Crippen molar-refractivity contribution in [2.75, 3.05) is 0 Å². The van der Waals surface area contributed by atoms with Crippen LogP contribution < -0.4 is 5.73 Å². The highest BCUT2D eigenvalue weighted by atomic mass is 16.1. The summed E-state index contributed by atoms with van der Waals surface area (Å²) in [6.07, 6.45) is 1.23. The van der Waals surface area contributed by atoms with Gasteiger partial charge in [-0.05, 0) is 12.8 Å². The summed E-state index contributed by atoms with van der Waals surface area (Å²) < 4.78 is 0. The monoisotopic (exact) mass is 167 g/mol. The number of rotatable bonds is 4. The van der Waals surface area contributed by atoms with E-state index in [1.165, 1.54) is 0 Å². The predicted molar refractivity (Wildman–Crippen MR) is 50.5 cm³/mol. The van der Waals surface area contributed by atoms with E-state index in [4.69, 9.17) is 5.73 Å². The van der Waals surface area contributed by atoms with E-state index < -0.39 is 0 Å². The van der Waals surface area contributed by atoms with Gasteiger partial charge >= 0.3 is 0 Å². The molecule has 12 heavy (non-hydrogen) atoms. The zero-order valence-corrected chi connectivity index (χ0v) is 8.05. The Morgan fingerprint density at radius 1 is 1.58 bits per heavy atom. The number of hydrogen-bond acceptors (Lipinski definition) is 2. The molecule has 0 bridgehead atoms. The molecule has 2 heteroatoms. The molecule has 0 aromatic heterocycles. The zero-order valence-electron chi connectivity index (χ0n) is 8.05. The quantitative estimate of drug-likeness (QED) is 0.642. The van der Waals surface area contributed by atoms with Crippen LogP contribution in [0.2, 0.25) is 0 Å². The minimum atomic E-state index is -0.337. The van der Waals surface area contributed by atoms with Gasteiger partial charge in [0.25, 0.3) is 0 Å². The van der Waals surface area contributed by atoms with Crippen LogP contribution in [-0.4, -0.2) is 11.8 Å². The molecule has 0 rings (SSSR count). The highest BCUT2D eigenvalue weighted by Crippen LogP contribution is 2.07. The van der Waals surface area contributed by atoms with Crippen LogP contribution in [0.4, 0.5) is 0 Å². The van der Waals surface area contributed by atoms with Gasteiger partial charge in [-0.15, -0.1) is 5.92 Å². The molecule has 68 valence electrons. The summed E-state index contributed by atoms with van der Waals surface area (Å²) >= 11 is 0. The van der Waals surface area contributed by atoms with Gasteiger partial charge in [0.15, 0.2) is 5.78 Å². The van der Waals surface area contributed by atoms with Crippen LogP contribution in [0.15, 0.2) is 0 Å². The van der Waals surface area contributed by atoms with Crippen molar-refractivity contribution in [2.24, 2.45) is 11.7 Å². The van der Waals surface area contributed by atoms with Gasteiger partial charge in [-0.25, -0.2) is 0 Å². The summed E-state index contributed by atoms with van der Waals surface area (Å²) in [5.41, 5.74) is 5.69. The lowest BCUT2D eigenvalue weighted by Gasteiger charge is -2.15. The Kier molecular flexibility index (Phi) is 5.40. The average Bonchev–Trinajstić information content (AvgIpc) is 2.11. The summed E-state index contributed by atoms with van der Waals surface area (Å²) in [6, 6.07) is -0.337. The maximum Gasteiger partial charge on any atom is 0.161 e. The van der Waals surface area contributed by atoms with E-state index in [0.29, 0.717) is 6.42 Å². The van der Waals surface area contributed by atoms with Gasteiger partial charge in [-0.1, -0.05) is 26.2 Å². The molecule has 0 amide bonds. The smallest absolute Gasteiger partial charge is 0.161 e. The fraction of sp³-hybridized carbons (Fsp3) is 0.700. The van der Waals surface area contributed by atoms with E-state index in [1.807, 2.05) is 13.8 Å². The summed E-state index contributed by atoms with van der Waals surface area (Å²) in [4.78, 5) is 11.3. The minimum absolute atomic E-state index is 0.0544. The van der Waals surface area contributed by atoms with Crippen molar-refractivity contribution in [3.63, 3.8) is 0 Å². The van der Waals surface area contributed by atoms with Gasteiger partial charge in [-0.2, -0.15) is 0 Å². The Hall–Kier alpha value is -0.810. The summed E-state index contributed by atoms with van der Waals surface area (Å²) in [6.45, 7) is 5.74. The topological polar surface area (TPSA) is 43.1 Å². The van der Waals surface area contributed by atoms with Gasteiger partial charge in [0.1, 0.15) is 0 Å². The van der Waals surface area contributed by atoms with Crippen LogP contribution in [-0.2, 0) is 4.79 Å². The molecule has 0 aliphatic heterocycles. The molecule has 0 heterocycles. The first kappa shape index (κ1) is 11.2. The van der Waals surface area contributed by atoms with Crippen LogP contribution >= 0.6 is 0 Å². The molecule has 0 aromatic carbocycles. The molecule has 0 aliphatic carbocycles. The Morgan fingerprint density at radius 2 is 2.17 bits per heavy atom. The molecule has 2 N–H and O–H groups in total. The van der Waals surface area contributed by atoms with E-state index in [2.05, 4.69) is 11.8 Å². The standard InChI is InChI=1S/C10H17NO/c1-4-6-7-9(12)10(11)8(3)5-2/h8,10H,5,7,11H2,1-3H3. The lowest BCUT2D eigenvalue weighted by molar-refractivity contribution is -0.120. The summed E-state index contributed by atoms with van der Waals surface area (Å²) in [7, 11) is 0. The molecule has 0 aromatic rings. The number of Topliss-reactive ketones (excluding diaryl/α,β-unsaturated/α-hetero) is 1. The highest BCUT2D eigenvalue weighted by Gasteiger charge is 2.17. The Labute approximate surface area is 74.5 Å². The molecule has 0 saturated heterocycles. The fourth-order valence-corrected chi connectivity index (χ4v) is 0.865. The molecule has 0 spiro atoms. The Bertz CT molecular complexity index is 200. The van der Waals surface area contributed by atoms with Crippen molar-refractivity contribution >= 4 is 5.78 Å². The molecule has 2 unspecified atom stereocenters. The second kappa shape index (κ2) is 5.79. The Morgan fingerprint density at radius 3 is 2.58 bits per heavy atom. The normalized spacial score (nSPS) is 14.3. The molecule has 0 aliphatic rings. The SMILES string of the molecule is CC#CCC(=O)C(N)C(C)CC. The van der Waals surface area contributed by atoms with Crippen LogP contribution in [0.3, 0.4) is 0 Å². The maximum absolute atomic E-state index is 11.3. The third kappa shape index (κ3) is 3.54. The number of carbonyl (C=O) groups is 1. The highest BCUT2D eigenvalue weighted by molar-refractivity contribution is 5.86. The summed E-state index contributed by atoms with van der Waals surface area (Å²) in [5, 5.41) is 0. The minimum Gasteiger partial charge on any atom is -0.321 e.